The van der Waals surface area contributed by atoms with E-state index in [4.69, 9.17) is 4.74 Å². The lowest BCUT2D eigenvalue weighted by atomic mass is 10.0. The van der Waals surface area contributed by atoms with E-state index in [-0.39, 0.29) is 42.5 Å². The number of hydrogen-bond acceptors (Lipinski definition) is 6. The smallest absolute Gasteiger partial charge is 0.258 e. The van der Waals surface area contributed by atoms with E-state index in [1.807, 2.05) is 24.8 Å². The molecule has 0 bridgehead atoms. The van der Waals surface area contributed by atoms with Crippen LogP contribution in [-0.4, -0.2) is 58.2 Å². The van der Waals surface area contributed by atoms with Crippen molar-refractivity contribution in [1.29, 1.82) is 0 Å². The largest absolute Gasteiger partial charge is 0.508 e. The van der Waals surface area contributed by atoms with E-state index < -0.39 is 5.82 Å². The normalized spacial score (nSPS) is 13.9. The molecular formula is C25H29FN4O3. The highest BCUT2D eigenvalue weighted by atomic mass is 19.1. The molecular weight excluding hydrogens is 423 g/mol. The first-order valence-corrected chi connectivity index (χ1v) is 11.0. The Morgan fingerprint density at radius 1 is 1.21 bits per heavy atom. The zero-order valence-electron chi connectivity index (χ0n) is 18.7. The topological polar surface area (TPSA) is 78.8 Å². The lowest BCUT2D eigenvalue weighted by molar-refractivity contribution is 0.0690. The Kier molecular flexibility index (Phi) is 6.84. The van der Waals surface area contributed by atoms with Crippen LogP contribution in [0, 0.1) is 5.82 Å². The highest BCUT2D eigenvalue weighted by Crippen LogP contribution is 2.28. The van der Waals surface area contributed by atoms with Crippen molar-refractivity contribution in [2.75, 3.05) is 31.2 Å². The van der Waals surface area contributed by atoms with Crippen molar-refractivity contribution in [3.63, 3.8) is 0 Å². The van der Waals surface area contributed by atoms with Crippen LogP contribution in [0.2, 0.25) is 0 Å². The van der Waals surface area contributed by atoms with Gasteiger partial charge in [-0.25, -0.2) is 14.4 Å². The number of benzene rings is 2. The maximum Gasteiger partial charge on any atom is 0.258 e. The van der Waals surface area contributed by atoms with Gasteiger partial charge in [0, 0.05) is 38.9 Å². The van der Waals surface area contributed by atoms with Crippen LogP contribution in [0.4, 0.5) is 10.3 Å². The maximum absolute atomic E-state index is 14.8. The van der Waals surface area contributed by atoms with Crippen molar-refractivity contribution < 1.29 is 20.5 Å². The zero-order chi connectivity index (χ0) is 23.4. The second kappa shape index (κ2) is 9.95. The number of rotatable bonds is 6. The summed E-state index contributed by atoms with van der Waals surface area (Å²) in [6.45, 7) is 6.47. The van der Waals surface area contributed by atoms with Crippen molar-refractivity contribution in [2.24, 2.45) is 0 Å². The van der Waals surface area contributed by atoms with Gasteiger partial charge in [0.15, 0.2) is 0 Å². The fraction of sp³-hybridized carbons (Fsp3) is 0.320. The molecule has 0 atom stereocenters. The molecule has 2 aromatic carbocycles. The Bertz CT molecular complexity index is 1140. The lowest BCUT2D eigenvalue weighted by Gasteiger charge is -2.29. The number of phenols is 1. The number of aromatic nitrogens is 2. The number of anilines is 1. The predicted octanol–water partition coefficient (Wildman–Crippen LogP) is 4.12. The third-order valence-corrected chi connectivity index (χ3v) is 5.58. The minimum atomic E-state index is -0.456. The molecule has 8 heteroatoms. The van der Waals surface area contributed by atoms with E-state index in [2.05, 4.69) is 9.97 Å². The lowest BCUT2D eigenvalue weighted by Crippen LogP contribution is -2.38. The number of carbonyl (C=O) groups is 1. The third kappa shape index (κ3) is 5.12. The average molecular weight is 453 g/mol. The number of ether oxygens (including phenoxy) is 1. The molecule has 0 saturated carbocycles. The average Bonchev–Trinajstić information content (AvgIpc) is 2.82. The Hall–Kier alpha value is -3.52. The van der Waals surface area contributed by atoms with Crippen molar-refractivity contribution in [3.8, 4) is 17.0 Å². The summed E-state index contributed by atoms with van der Waals surface area (Å²) in [6.07, 6.45) is 1.49. The van der Waals surface area contributed by atoms with Gasteiger partial charge in [-0.15, -0.1) is 0 Å². The van der Waals surface area contributed by atoms with Crippen LogP contribution in [0.15, 0.2) is 54.7 Å². The minimum Gasteiger partial charge on any atom is -0.508 e. The summed E-state index contributed by atoms with van der Waals surface area (Å²) in [4.78, 5) is 26.4. The van der Waals surface area contributed by atoms with Crippen molar-refractivity contribution in [2.45, 2.75) is 26.4 Å². The Labute approximate surface area is 194 Å². The molecule has 1 N–H and O–H groups in total. The number of aromatic hydroxyl groups is 1. The SMILES string of the molecule is CC(C)N(Cc1cccc(O)c1)C(=O)c1cnc(N2CCOCC2)nc1-c1ccccc1F.[HH]. The van der Waals surface area contributed by atoms with E-state index in [9.17, 15) is 14.3 Å². The van der Waals surface area contributed by atoms with Gasteiger partial charge in [-0.1, -0.05) is 24.3 Å². The number of nitrogens with zero attached hydrogens (tertiary/aromatic N) is 4. The van der Waals surface area contributed by atoms with Crippen molar-refractivity contribution in [3.05, 3.63) is 71.7 Å². The van der Waals surface area contributed by atoms with Crippen LogP contribution in [0.25, 0.3) is 11.3 Å². The van der Waals surface area contributed by atoms with E-state index in [0.717, 1.165) is 5.56 Å². The fourth-order valence-corrected chi connectivity index (χ4v) is 3.80. The van der Waals surface area contributed by atoms with Gasteiger partial charge in [0.1, 0.15) is 11.6 Å². The van der Waals surface area contributed by atoms with Crippen LogP contribution in [0.1, 0.15) is 31.2 Å². The molecule has 3 aromatic rings. The van der Waals surface area contributed by atoms with Gasteiger partial charge in [0.2, 0.25) is 5.95 Å². The summed E-state index contributed by atoms with van der Waals surface area (Å²) in [5.74, 6) is -0.187. The van der Waals surface area contributed by atoms with E-state index >= 15 is 0 Å². The minimum absolute atomic E-state index is 0. The van der Waals surface area contributed by atoms with Crippen molar-refractivity contribution >= 4 is 11.9 Å². The molecule has 7 nitrogen and oxygen atoms in total. The quantitative estimate of drug-likeness (QED) is 0.606. The predicted molar refractivity (Wildman–Crippen MR) is 126 cm³/mol. The molecule has 174 valence electrons. The first kappa shape index (κ1) is 22.7. The number of hydrogen-bond donors (Lipinski definition) is 1. The molecule has 0 unspecified atom stereocenters. The summed E-state index contributed by atoms with van der Waals surface area (Å²) in [7, 11) is 0. The van der Waals surface area contributed by atoms with Gasteiger partial charge in [0.05, 0.1) is 24.5 Å². The number of carbonyl (C=O) groups excluding carboxylic acids is 1. The zero-order valence-corrected chi connectivity index (χ0v) is 18.7. The molecule has 0 spiro atoms. The van der Waals surface area contributed by atoms with Crippen LogP contribution in [-0.2, 0) is 11.3 Å². The molecule has 0 aliphatic carbocycles. The standard InChI is InChI=1S/C25H27FN4O3.H2/c1-17(2)30(16-18-6-5-7-19(31)14-18)24(32)21-15-27-25(29-10-12-33-13-11-29)28-23(21)20-8-3-4-9-22(20)26;/h3-9,14-15,17,31H,10-13,16H2,1-2H3;1H. The molecule has 2 heterocycles. The van der Waals surface area contributed by atoms with Gasteiger partial charge >= 0.3 is 0 Å². The molecule has 1 saturated heterocycles. The van der Waals surface area contributed by atoms with Gasteiger partial charge in [-0.05, 0) is 43.7 Å². The molecule has 1 aliphatic heterocycles. The molecule has 1 aromatic heterocycles. The van der Waals surface area contributed by atoms with Crippen LogP contribution >= 0.6 is 0 Å². The third-order valence-electron chi connectivity index (χ3n) is 5.58. The fourth-order valence-electron chi connectivity index (χ4n) is 3.80. The van der Waals surface area contributed by atoms with Crippen molar-refractivity contribution in [1.82, 2.24) is 14.9 Å². The molecule has 1 fully saturated rings. The highest BCUT2D eigenvalue weighted by molar-refractivity contribution is 6.00. The number of amides is 1. The Morgan fingerprint density at radius 3 is 2.67 bits per heavy atom. The van der Waals surface area contributed by atoms with Crippen LogP contribution in [0.5, 0.6) is 5.75 Å². The Morgan fingerprint density at radius 2 is 1.97 bits per heavy atom. The summed E-state index contributed by atoms with van der Waals surface area (Å²) < 4.78 is 20.2. The molecule has 1 amide bonds. The monoisotopic (exact) mass is 452 g/mol. The van der Waals surface area contributed by atoms with E-state index in [1.165, 1.54) is 12.3 Å². The molecule has 33 heavy (non-hydrogen) atoms. The summed E-state index contributed by atoms with van der Waals surface area (Å²) in [5.41, 5.74) is 1.52. The second-order valence-corrected chi connectivity index (χ2v) is 8.21. The van der Waals surface area contributed by atoms with Gasteiger partial charge < -0.3 is 19.6 Å². The number of phenolic OH excluding ortho intramolecular Hbond substituents is 1. The second-order valence-electron chi connectivity index (χ2n) is 8.21. The van der Waals surface area contributed by atoms with E-state index in [1.54, 1.807) is 41.3 Å². The van der Waals surface area contributed by atoms with Crippen LogP contribution < -0.4 is 4.90 Å². The molecule has 1 aliphatic rings. The first-order valence-electron chi connectivity index (χ1n) is 11.0. The van der Waals surface area contributed by atoms with Crippen LogP contribution in [0.3, 0.4) is 0 Å². The van der Waals surface area contributed by atoms with Gasteiger partial charge in [-0.2, -0.15) is 0 Å². The molecule has 0 radical (unpaired) electrons. The van der Waals surface area contributed by atoms with Gasteiger partial charge in [0.25, 0.3) is 5.91 Å². The summed E-state index contributed by atoms with van der Waals surface area (Å²) in [5, 5.41) is 9.82. The highest BCUT2D eigenvalue weighted by Gasteiger charge is 2.26. The summed E-state index contributed by atoms with van der Waals surface area (Å²) >= 11 is 0. The number of morpholine rings is 1. The molecule has 4 rings (SSSR count). The van der Waals surface area contributed by atoms with E-state index in [0.29, 0.717) is 32.3 Å². The summed E-state index contributed by atoms with van der Waals surface area (Å²) in [6, 6.07) is 12.9. The maximum atomic E-state index is 14.8. The number of halogens is 1. The Balaban J connectivity index is 0.00000324. The first-order chi connectivity index (χ1) is 15.9. The van der Waals surface area contributed by atoms with Gasteiger partial charge in [-0.3, -0.25) is 4.79 Å².